The molecule has 0 aliphatic carbocycles. The second-order valence-electron chi connectivity index (χ2n) is 5.10. The summed E-state index contributed by atoms with van der Waals surface area (Å²) in [6.07, 6.45) is 0. The second kappa shape index (κ2) is 6.95. The average Bonchev–Trinajstić information content (AvgIpc) is 3.09. The standard InChI is InChI=1S/C18H15FN2O3/c1-23-16-8-4-12(5-9-16)17-10-15(21-24-17)11-20-18(22)13-2-6-14(19)7-3-13/h2-10H,11H2,1H3,(H,20,22). The minimum absolute atomic E-state index is 0.218. The molecule has 0 atom stereocenters. The Hall–Kier alpha value is -3.15. The largest absolute Gasteiger partial charge is 0.497 e. The van der Waals surface area contributed by atoms with Crippen LogP contribution < -0.4 is 10.1 Å². The average molecular weight is 326 g/mol. The molecule has 1 N–H and O–H groups in total. The van der Waals surface area contributed by atoms with Crippen molar-refractivity contribution in [3.63, 3.8) is 0 Å². The van der Waals surface area contributed by atoms with E-state index in [1.165, 1.54) is 24.3 Å². The van der Waals surface area contributed by atoms with E-state index in [4.69, 9.17) is 9.26 Å². The Kier molecular flexibility index (Phi) is 4.56. The zero-order chi connectivity index (χ0) is 16.9. The molecule has 0 saturated carbocycles. The first-order valence-electron chi connectivity index (χ1n) is 7.29. The minimum Gasteiger partial charge on any atom is -0.497 e. The van der Waals surface area contributed by atoms with Crippen molar-refractivity contribution < 1.29 is 18.4 Å². The summed E-state index contributed by atoms with van der Waals surface area (Å²) in [6.45, 7) is 0.218. The van der Waals surface area contributed by atoms with E-state index in [-0.39, 0.29) is 18.3 Å². The fourth-order valence-corrected chi connectivity index (χ4v) is 2.16. The van der Waals surface area contributed by atoms with Gasteiger partial charge in [-0.1, -0.05) is 5.16 Å². The van der Waals surface area contributed by atoms with Crippen molar-refractivity contribution in [3.8, 4) is 17.1 Å². The molecule has 1 heterocycles. The van der Waals surface area contributed by atoms with E-state index in [2.05, 4.69) is 10.5 Å². The van der Waals surface area contributed by atoms with Crippen molar-refractivity contribution >= 4 is 5.91 Å². The maximum absolute atomic E-state index is 12.9. The van der Waals surface area contributed by atoms with E-state index >= 15 is 0 Å². The molecule has 0 aliphatic rings. The maximum Gasteiger partial charge on any atom is 0.251 e. The molecular formula is C18H15FN2O3. The van der Waals surface area contributed by atoms with Crippen LogP contribution in [0.15, 0.2) is 59.1 Å². The molecule has 0 radical (unpaired) electrons. The number of ether oxygens (including phenoxy) is 1. The number of rotatable bonds is 5. The van der Waals surface area contributed by atoms with Gasteiger partial charge in [-0.05, 0) is 48.5 Å². The van der Waals surface area contributed by atoms with Gasteiger partial charge in [0.15, 0.2) is 5.76 Å². The summed E-state index contributed by atoms with van der Waals surface area (Å²) in [5, 5.41) is 6.65. The highest BCUT2D eigenvalue weighted by Crippen LogP contribution is 2.23. The van der Waals surface area contributed by atoms with Crippen LogP contribution in [-0.2, 0) is 6.54 Å². The maximum atomic E-state index is 12.9. The van der Waals surface area contributed by atoms with Gasteiger partial charge >= 0.3 is 0 Å². The molecule has 6 heteroatoms. The Morgan fingerprint density at radius 3 is 2.54 bits per heavy atom. The highest BCUT2D eigenvalue weighted by atomic mass is 19.1. The van der Waals surface area contributed by atoms with Crippen LogP contribution in [0.5, 0.6) is 5.75 Å². The third-order valence-corrected chi connectivity index (χ3v) is 3.47. The number of hydrogen-bond donors (Lipinski definition) is 1. The summed E-state index contributed by atoms with van der Waals surface area (Å²) < 4.78 is 23.2. The van der Waals surface area contributed by atoms with E-state index in [0.717, 1.165) is 11.3 Å². The predicted molar refractivity (Wildman–Crippen MR) is 86.1 cm³/mol. The molecule has 5 nitrogen and oxygen atoms in total. The minimum atomic E-state index is -0.382. The molecule has 3 aromatic rings. The Morgan fingerprint density at radius 1 is 1.17 bits per heavy atom. The van der Waals surface area contributed by atoms with Crippen LogP contribution in [0.4, 0.5) is 4.39 Å². The van der Waals surface area contributed by atoms with E-state index in [1.807, 2.05) is 24.3 Å². The molecule has 2 aromatic carbocycles. The number of hydrogen-bond acceptors (Lipinski definition) is 4. The van der Waals surface area contributed by atoms with Gasteiger partial charge < -0.3 is 14.6 Å². The lowest BCUT2D eigenvalue weighted by molar-refractivity contribution is 0.0950. The van der Waals surface area contributed by atoms with Crippen molar-refractivity contribution in [3.05, 3.63) is 71.7 Å². The Balaban J connectivity index is 1.63. The van der Waals surface area contributed by atoms with E-state index in [0.29, 0.717) is 17.0 Å². The van der Waals surface area contributed by atoms with Gasteiger partial charge in [0.25, 0.3) is 5.91 Å². The smallest absolute Gasteiger partial charge is 0.251 e. The van der Waals surface area contributed by atoms with Crippen molar-refractivity contribution in [1.29, 1.82) is 0 Å². The third kappa shape index (κ3) is 3.60. The summed E-state index contributed by atoms with van der Waals surface area (Å²) in [6, 6.07) is 14.5. The van der Waals surface area contributed by atoms with Gasteiger partial charge in [0, 0.05) is 17.2 Å². The van der Waals surface area contributed by atoms with Crippen LogP contribution in [-0.4, -0.2) is 18.2 Å². The van der Waals surface area contributed by atoms with Gasteiger partial charge in [-0.15, -0.1) is 0 Å². The van der Waals surface area contributed by atoms with Crippen LogP contribution in [0.1, 0.15) is 16.1 Å². The van der Waals surface area contributed by atoms with Crippen LogP contribution in [0.2, 0.25) is 0 Å². The zero-order valence-electron chi connectivity index (χ0n) is 13.0. The molecule has 1 amide bonds. The van der Waals surface area contributed by atoms with Crippen LogP contribution in [0, 0.1) is 5.82 Å². The van der Waals surface area contributed by atoms with E-state index < -0.39 is 0 Å². The normalized spacial score (nSPS) is 10.4. The summed E-state index contributed by atoms with van der Waals surface area (Å²) >= 11 is 0. The summed E-state index contributed by atoms with van der Waals surface area (Å²) in [5.41, 5.74) is 1.84. The van der Waals surface area contributed by atoms with E-state index in [9.17, 15) is 9.18 Å². The molecule has 0 fully saturated rings. The monoisotopic (exact) mass is 326 g/mol. The SMILES string of the molecule is COc1ccc(-c2cc(CNC(=O)c3ccc(F)cc3)no2)cc1. The van der Waals surface area contributed by atoms with E-state index in [1.54, 1.807) is 13.2 Å². The van der Waals surface area contributed by atoms with Gasteiger partial charge in [0.1, 0.15) is 17.3 Å². The van der Waals surface area contributed by atoms with Gasteiger partial charge in [0.05, 0.1) is 13.7 Å². The number of methoxy groups -OCH3 is 1. The fourth-order valence-electron chi connectivity index (χ4n) is 2.16. The number of halogens is 1. The molecule has 0 unspecified atom stereocenters. The van der Waals surface area contributed by atoms with Gasteiger partial charge in [-0.25, -0.2) is 4.39 Å². The summed E-state index contributed by atoms with van der Waals surface area (Å²) in [4.78, 5) is 12.0. The topological polar surface area (TPSA) is 64.4 Å². The first kappa shape index (κ1) is 15.7. The molecule has 1 aromatic heterocycles. The molecule has 122 valence electrons. The van der Waals surface area contributed by atoms with Crippen molar-refractivity contribution in [2.45, 2.75) is 6.54 Å². The molecule has 3 rings (SSSR count). The van der Waals surface area contributed by atoms with Crippen molar-refractivity contribution in [2.24, 2.45) is 0 Å². The molecular weight excluding hydrogens is 311 g/mol. The lowest BCUT2D eigenvalue weighted by Gasteiger charge is -2.02. The first-order chi connectivity index (χ1) is 11.7. The van der Waals surface area contributed by atoms with Crippen molar-refractivity contribution in [2.75, 3.05) is 7.11 Å². The highest BCUT2D eigenvalue weighted by molar-refractivity contribution is 5.94. The summed E-state index contributed by atoms with van der Waals surface area (Å²) in [7, 11) is 1.60. The predicted octanol–water partition coefficient (Wildman–Crippen LogP) is 3.42. The molecule has 0 saturated heterocycles. The molecule has 0 bridgehead atoms. The first-order valence-corrected chi connectivity index (χ1v) is 7.29. The Bertz CT molecular complexity index is 826. The van der Waals surface area contributed by atoms with Crippen molar-refractivity contribution in [1.82, 2.24) is 10.5 Å². The number of aromatic nitrogens is 1. The van der Waals surface area contributed by atoms with Gasteiger partial charge in [0.2, 0.25) is 0 Å². The van der Waals surface area contributed by atoms with Crippen LogP contribution in [0.25, 0.3) is 11.3 Å². The number of nitrogens with zero attached hydrogens (tertiary/aromatic N) is 1. The third-order valence-electron chi connectivity index (χ3n) is 3.47. The number of carbonyl (C=O) groups excluding carboxylic acids is 1. The zero-order valence-corrected chi connectivity index (χ0v) is 13.0. The van der Waals surface area contributed by atoms with Gasteiger partial charge in [-0.2, -0.15) is 0 Å². The Labute approximate surface area is 138 Å². The quantitative estimate of drug-likeness (QED) is 0.780. The fraction of sp³-hybridized carbons (Fsp3) is 0.111. The number of carbonyl (C=O) groups is 1. The van der Waals surface area contributed by atoms with Crippen LogP contribution >= 0.6 is 0 Å². The van der Waals surface area contributed by atoms with Crippen LogP contribution in [0.3, 0.4) is 0 Å². The highest BCUT2D eigenvalue weighted by Gasteiger charge is 2.10. The van der Waals surface area contributed by atoms with Gasteiger partial charge in [-0.3, -0.25) is 4.79 Å². The molecule has 24 heavy (non-hydrogen) atoms. The Morgan fingerprint density at radius 2 is 1.88 bits per heavy atom. The number of nitrogens with one attached hydrogen (secondary N) is 1. The number of amides is 1. The molecule has 0 aliphatic heterocycles. The lowest BCUT2D eigenvalue weighted by Crippen LogP contribution is -2.22. The second-order valence-corrected chi connectivity index (χ2v) is 5.10. The lowest BCUT2D eigenvalue weighted by atomic mass is 10.1. The summed E-state index contributed by atoms with van der Waals surface area (Å²) in [5.74, 6) is 0.671. The number of benzene rings is 2. The molecule has 0 spiro atoms.